The molecule has 184 valence electrons. The van der Waals surface area contributed by atoms with E-state index in [0.717, 1.165) is 0 Å². The van der Waals surface area contributed by atoms with E-state index in [2.05, 4.69) is 21.2 Å². The first-order chi connectivity index (χ1) is 16.4. The first kappa shape index (κ1) is 23.8. The summed E-state index contributed by atoms with van der Waals surface area (Å²) in [5.41, 5.74) is -3.44. The second kappa shape index (κ2) is 7.54. The van der Waals surface area contributed by atoms with Crippen LogP contribution in [-0.2, 0) is 30.1 Å². The van der Waals surface area contributed by atoms with E-state index in [4.69, 9.17) is 4.74 Å². The summed E-state index contributed by atoms with van der Waals surface area (Å²) in [6.45, 7) is 1.29. The molecule has 11 heteroatoms. The third kappa shape index (κ3) is 2.73. The Morgan fingerprint density at radius 1 is 1.06 bits per heavy atom. The predicted molar refractivity (Wildman–Crippen MR) is 124 cm³/mol. The van der Waals surface area contributed by atoms with Gasteiger partial charge in [-0.1, -0.05) is 34.1 Å². The van der Waals surface area contributed by atoms with Crippen molar-refractivity contribution in [2.24, 2.45) is 5.92 Å². The molecule has 1 N–H and O–H groups in total. The van der Waals surface area contributed by atoms with Crippen LogP contribution in [0.2, 0.25) is 0 Å². The van der Waals surface area contributed by atoms with Gasteiger partial charge in [-0.2, -0.15) is 13.2 Å². The number of alkyl halides is 3. The van der Waals surface area contributed by atoms with Crippen molar-refractivity contribution in [2.45, 2.75) is 30.1 Å². The zero-order chi connectivity index (χ0) is 25.5. The van der Waals surface area contributed by atoms with E-state index in [1.807, 2.05) is 0 Å². The zero-order valence-electron chi connectivity index (χ0n) is 18.9. The Morgan fingerprint density at radius 2 is 1.69 bits per heavy atom. The fourth-order valence-electron chi connectivity index (χ4n) is 6.08. The topological polar surface area (TPSA) is 79.0 Å². The molecule has 2 spiro atoms. The van der Waals surface area contributed by atoms with E-state index in [9.17, 15) is 27.6 Å². The number of carbonyl (C=O) groups is 3. The largest absolute Gasteiger partial charge is 0.466 e. The molecule has 2 aromatic rings. The first-order valence-electron chi connectivity index (χ1n) is 10.9. The van der Waals surface area contributed by atoms with Crippen LogP contribution in [0.1, 0.15) is 18.1 Å². The molecular formula is C24H21BrF3N3O4. The van der Waals surface area contributed by atoms with Gasteiger partial charge >= 0.3 is 12.1 Å². The highest BCUT2D eigenvalue weighted by Crippen LogP contribution is 2.65. The summed E-state index contributed by atoms with van der Waals surface area (Å²) in [4.78, 5) is 44.1. The molecule has 0 bridgehead atoms. The minimum absolute atomic E-state index is 0.166. The third-order valence-corrected chi connectivity index (χ3v) is 7.83. The lowest BCUT2D eigenvalue weighted by molar-refractivity contribution is -0.179. The maximum atomic E-state index is 14.6. The Bertz CT molecular complexity index is 1280. The van der Waals surface area contributed by atoms with Gasteiger partial charge in [0.15, 0.2) is 0 Å². The fourth-order valence-corrected chi connectivity index (χ4v) is 6.44. The van der Waals surface area contributed by atoms with Crippen LogP contribution in [0.15, 0.2) is 46.9 Å². The number of hydrogen-bond acceptors (Lipinski definition) is 5. The molecule has 0 radical (unpaired) electrons. The van der Waals surface area contributed by atoms with Gasteiger partial charge in [-0.3, -0.25) is 19.7 Å². The molecule has 3 heterocycles. The molecule has 2 aromatic carbocycles. The molecule has 0 aliphatic carbocycles. The van der Waals surface area contributed by atoms with Gasteiger partial charge in [-0.05, 0) is 36.8 Å². The van der Waals surface area contributed by atoms with Crippen LogP contribution in [0.4, 0.5) is 24.5 Å². The van der Waals surface area contributed by atoms with E-state index < -0.39 is 46.9 Å². The van der Waals surface area contributed by atoms with Gasteiger partial charge in [0.1, 0.15) is 22.9 Å². The van der Waals surface area contributed by atoms with Crippen LogP contribution in [0.25, 0.3) is 0 Å². The van der Waals surface area contributed by atoms with Gasteiger partial charge in [0.05, 0.1) is 6.61 Å². The van der Waals surface area contributed by atoms with E-state index in [1.165, 1.54) is 43.0 Å². The van der Waals surface area contributed by atoms with Gasteiger partial charge in [0.2, 0.25) is 5.91 Å². The number of halogens is 4. The van der Waals surface area contributed by atoms with Gasteiger partial charge in [-0.15, -0.1) is 0 Å². The Hall–Kier alpha value is -2.92. The summed E-state index contributed by atoms with van der Waals surface area (Å²) < 4.78 is 49.5. The first-order valence-corrected chi connectivity index (χ1v) is 11.7. The lowest BCUT2D eigenvalue weighted by atomic mass is 9.59. The van der Waals surface area contributed by atoms with Crippen LogP contribution in [-0.4, -0.2) is 50.7 Å². The van der Waals surface area contributed by atoms with Crippen LogP contribution in [0, 0.1) is 5.92 Å². The Kier molecular flexibility index (Phi) is 5.13. The lowest BCUT2D eigenvalue weighted by Gasteiger charge is -2.40. The van der Waals surface area contributed by atoms with Crippen molar-refractivity contribution in [3.05, 3.63) is 58.1 Å². The zero-order valence-corrected chi connectivity index (χ0v) is 20.5. The molecule has 2 amide bonds. The van der Waals surface area contributed by atoms with Crippen molar-refractivity contribution in [1.82, 2.24) is 5.32 Å². The fraction of sp³-hybridized carbons (Fsp3) is 0.375. The van der Waals surface area contributed by atoms with Crippen molar-refractivity contribution in [3.63, 3.8) is 0 Å². The minimum atomic E-state index is -4.97. The number of benzene rings is 2. The second-order valence-corrected chi connectivity index (χ2v) is 9.77. The summed E-state index contributed by atoms with van der Waals surface area (Å²) in [6, 6.07) is 8.57. The Balaban J connectivity index is 1.96. The number of esters is 1. The van der Waals surface area contributed by atoms with E-state index in [-0.39, 0.29) is 17.7 Å². The minimum Gasteiger partial charge on any atom is -0.466 e. The second-order valence-electron chi connectivity index (χ2n) is 8.86. The average Bonchev–Trinajstić information content (AvgIpc) is 3.33. The molecular weight excluding hydrogens is 531 g/mol. The van der Waals surface area contributed by atoms with E-state index in [0.29, 0.717) is 15.8 Å². The highest BCUT2D eigenvalue weighted by Gasteiger charge is 2.82. The summed E-state index contributed by atoms with van der Waals surface area (Å²) in [5, 5.41) is 2.50. The van der Waals surface area contributed by atoms with E-state index in [1.54, 1.807) is 30.3 Å². The molecule has 3 aliphatic heterocycles. The van der Waals surface area contributed by atoms with Crippen molar-refractivity contribution < 1.29 is 32.3 Å². The number of anilines is 2. The molecule has 1 saturated heterocycles. The predicted octanol–water partition coefficient (Wildman–Crippen LogP) is 3.25. The summed E-state index contributed by atoms with van der Waals surface area (Å²) in [5.74, 6) is -4.80. The van der Waals surface area contributed by atoms with Crippen molar-refractivity contribution >= 4 is 45.1 Å². The number of ether oxygens (including phenoxy) is 1. The number of hydrogen-bond donors (Lipinski definition) is 1. The Labute approximate surface area is 207 Å². The molecule has 0 unspecified atom stereocenters. The summed E-state index contributed by atoms with van der Waals surface area (Å²) in [7, 11) is 2.87. The van der Waals surface area contributed by atoms with Crippen molar-refractivity contribution in [3.8, 4) is 0 Å². The van der Waals surface area contributed by atoms with Crippen LogP contribution in [0.5, 0.6) is 0 Å². The summed E-state index contributed by atoms with van der Waals surface area (Å²) >= 11 is 3.35. The molecule has 35 heavy (non-hydrogen) atoms. The van der Waals surface area contributed by atoms with Gasteiger partial charge < -0.3 is 14.5 Å². The molecule has 5 rings (SSSR count). The normalized spacial score (nSPS) is 29.3. The molecule has 0 aromatic heterocycles. The van der Waals surface area contributed by atoms with E-state index >= 15 is 0 Å². The maximum absolute atomic E-state index is 14.6. The van der Waals surface area contributed by atoms with Crippen LogP contribution in [0.3, 0.4) is 0 Å². The number of fused-ring (bicyclic) bond motifs is 5. The van der Waals surface area contributed by atoms with Gasteiger partial charge in [-0.25, -0.2) is 0 Å². The number of carbonyl (C=O) groups excluding carboxylic acids is 3. The molecule has 4 atom stereocenters. The summed E-state index contributed by atoms with van der Waals surface area (Å²) in [6.07, 6.45) is -4.97. The number of nitrogens with one attached hydrogen (secondary N) is 1. The highest BCUT2D eigenvalue weighted by atomic mass is 79.9. The molecule has 1 fully saturated rings. The van der Waals surface area contributed by atoms with Crippen molar-refractivity contribution in [2.75, 3.05) is 30.5 Å². The van der Waals surface area contributed by atoms with Crippen molar-refractivity contribution in [1.29, 1.82) is 0 Å². The monoisotopic (exact) mass is 551 g/mol. The molecule has 3 aliphatic rings. The number of nitrogens with zero attached hydrogens (tertiary/aromatic N) is 2. The smallest absolute Gasteiger partial charge is 0.404 e. The molecule has 7 nitrogen and oxygen atoms in total. The maximum Gasteiger partial charge on any atom is 0.404 e. The lowest BCUT2D eigenvalue weighted by Crippen LogP contribution is -2.63. The standard InChI is InChI=1S/C24H21BrF3N3O4/c1-4-35-19(32)17-18(24(26,27)28)29-23(14-11-12(25)9-10-16(14)31(3)21(23)34)22(17)13-7-5-6-8-15(13)30(2)20(22)33/h5-11,17-18,29H,4H2,1-3H3/t17-,18-,22+,23+/m1/s1. The Morgan fingerprint density at radius 3 is 2.34 bits per heavy atom. The number of para-hydroxylation sites is 1. The van der Waals surface area contributed by atoms with Gasteiger partial charge in [0.25, 0.3) is 5.91 Å². The third-order valence-electron chi connectivity index (χ3n) is 7.34. The quantitative estimate of drug-likeness (QED) is 0.580. The molecule has 0 saturated carbocycles. The number of likely N-dealkylation sites (N-methyl/N-ethyl adjacent to an activating group) is 2. The van der Waals surface area contributed by atoms with Crippen LogP contribution >= 0.6 is 15.9 Å². The SMILES string of the molecule is CCOC(=O)[C@H]1[C@H](C(F)(F)F)N[C@@]2(C(=O)N(C)c3ccc(Br)cc32)[C@]12C(=O)N(C)c1ccccc12. The van der Waals surface area contributed by atoms with Gasteiger partial charge in [0, 0.05) is 35.5 Å². The number of rotatable bonds is 2. The number of amides is 2. The van der Waals surface area contributed by atoms with Crippen LogP contribution < -0.4 is 15.1 Å². The average molecular weight is 552 g/mol. The highest BCUT2D eigenvalue weighted by molar-refractivity contribution is 9.10.